The number of ether oxygens (including phenoxy) is 2. The van der Waals surface area contributed by atoms with Crippen molar-refractivity contribution in [1.82, 2.24) is 14.8 Å². The van der Waals surface area contributed by atoms with Gasteiger partial charge in [0.05, 0.1) is 36.3 Å². The van der Waals surface area contributed by atoms with Crippen molar-refractivity contribution in [3.63, 3.8) is 0 Å². The van der Waals surface area contributed by atoms with Crippen molar-refractivity contribution in [2.45, 2.75) is 37.3 Å². The molecule has 1 atom stereocenters. The number of aromatic nitrogens is 1. The maximum absolute atomic E-state index is 13.4. The molecule has 12 heteroatoms. The van der Waals surface area contributed by atoms with Crippen molar-refractivity contribution >= 4 is 34.2 Å². The number of pyridine rings is 1. The molecule has 1 amide bonds. The summed E-state index contributed by atoms with van der Waals surface area (Å²) in [5, 5.41) is -0.360. The molecule has 0 radical (unpaired) electrons. The first-order valence-electron chi connectivity index (χ1n) is 13.9. The fourth-order valence-corrected chi connectivity index (χ4v) is 6.69. The van der Waals surface area contributed by atoms with E-state index in [-0.39, 0.29) is 36.9 Å². The van der Waals surface area contributed by atoms with Crippen LogP contribution in [0.3, 0.4) is 0 Å². The molecule has 3 aromatic rings. The van der Waals surface area contributed by atoms with Crippen molar-refractivity contribution < 1.29 is 22.7 Å². The van der Waals surface area contributed by atoms with Crippen molar-refractivity contribution in [3.8, 4) is 5.75 Å². The molecule has 2 fully saturated rings. The van der Waals surface area contributed by atoms with Crippen LogP contribution in [0.1, 0.15) is 35.7 Å². The zero-order chi connectivity index (χ0) is 28.8. The zero-order valence-electron chi connectivity index (χ0n) is 23.7. The number of amides is 1. The minimum Gasteiger partial charge on any atom is -0.497 e. The molecule has 2 aromatic carbocycles. The van der Waals surface area contributed by atoms with Gasteiger partial charge in [-0.25, -0.2) is 13.2 Å². The Morgan fingerprint density at radius 3 is 2.36 bits per heavy atom. The molecule has 5 rings (SSSR count). The summed E-state index contributed by atoms with van der Waals surface area (Å²) in [6.45, 7) is 3.41. The highest BCUT2D eigenvalue weighted by molar-refractivity contribution is 7.93. The molecule has 2 heterocycles. The van der Waals surface area contributed by atoms with Gasteiger partial charge in [-0.2, -0.15) is 0 Å². The first-order valence-corrected chi connectivity index (χ1v) is 15.4. The predicted molar refractivity (Wildman–Crippen MR) is 164 cm³/mol. The van der Waals surface area contributed by atoms with Gasteiger partial charge in [0.15, 0.2) is 0 Å². The van der Waals surface area contributed by atoms with Gasteiger partial charge in [0.25, 0.3) is 0 Å². The largest absolute Gasteiger partial charge is 0.497 e. The van der Waals surface area contributed by atoms with E-state index < -0.39 is 16.1 Å². The Morgan fingerprint density at radius 2 is 1.71 bits per heavy atom. The monoisotopic (exact) mass is 615 g/mol. The Morgan fingerprint density at radius 1 is 1.02 bits per heavy atom. The first kappa shape index (κ1) is 31.6. The van der Waals surface area contributed by atoms with Crippen LogP contribution < -0.4 is 14.8 Å². The number of hydrogen-bond donors (Lipinski definition) is 1. The zero-order valence-corrected chi connectivity index (χ0v) is 25.3. The fourth-order valence-electron chi connectivity index (χ4n) is 4.86. The third-order valence-electron chi connectivity index (χ3n) is 7.46. The number of rotatable bonds is 11. The maximum Gasteiger partial charge on any atom is 0.410 e. The summed E-state index contributed by atoms with van der Waals surface area (Å²) < 4.78 is 39.0. The van der Waals surface area contributed by atoms with Crippen LogP contribution in [0.15, 0.2) is 72.9 Å². The summed E-state index contributed by atoms with van der Waals surface area (Å²) in [5.41, 5.74) is 9.56. The molecule has 0 bridgehead atoms. The number of carbonyl (C=O) groups is 1. The van der Waals surface area contributed by atoms with Gasteiger partial charge < -0.3 is 20.1 Å². The van der Waals surface area contributed by atoms with Gasteiger partial charge in [-0.3, -0.25) is 14.2 Å². The number of benzene rings is 2. The van der Waals surface area contributed by atoms with Crippen LogP contribution in [0, 0.1) is 0 Å². The molecule has 1 saturated heterocycles. The predicted octanol–water partition coefficient (Wildman–Crippen LogP) is 3.97. The second-order valence-electron chi connectivity index (χ2n) is 10.5. The summed E-state index contributed by atoms with van der Waals surface area (Å²) in [4.78, 5) is 20.9. The van der Waals surface area contributed by atoms with E-state index in [9.17, 15) is 13.2 Å². The average Bonchev–Trinajstić information content (AvgIpc) is 3.87. The molecular weight excluding hydrogens is 578 g/mol. The van der Waals surface area contributed by atoms with E-state index in [0.717, 1.165) is 11.1 Å². The van der Waals surface area contributed by atoms with Crippen LogP contribution in [0.25, 0.3) is 0 Å². The Labute approximate surface area is 253 Å². The highest BCUT2D eigenvalue weighted by Gasteiger charge is 2.40. The maximum atomic E-state index is 13.4. The number of hydrogen-bond acceptors (Lipinski definition) is 8. The highest BCUT2D eigenvalue weighted by atomic mass is 35.5. The Kier molecular flexibility index (Phi) is 10.7. The number of methoxy groups -OCH3 is 1. The molecule has 1 aromatic heterocycles. The number of halogens is 1. The molecule has 226 valence electrons. The van der Waals surface area contributed by atoms with Crippen LogP contribution in [0.2, 0.25) is 0 Å². The lowest BCUT2D eigenvalue weighted by Crippen LogP contribution is -2.50. The molecule has 2 N–H and O–H groups in total. The molecule has 1 saturated carbocycles. The quantitative estimate of drug-likeness (QED) is 0.344. The molecule has 1 aliphatic carbocycles. The summed E-state index contributed by atoms with van der Waals surface area (Å²) in [6.07, 6.45) is 2.64. The standard InChI is InChI=1S/C30H37N5O5S.ClH/c1-39-26-9-7-23(8-10-26)20-35(41(37,38)27-11-12-27)25-13-14-32-29(19-25)28(31)21-33-15-17-34(18-16-33)30(36)40-22-24-5-3-2-4-6-24;/h2-10,13-14,19,27-28H,11-12,15-18,20-22,31H2,1H3;1H. The highest BCUT2D eigenvalue weighted by Crippen LogP contribution is 2.35. The molecule has 1 unspecified atom stereocenters. The van der Waals surface area contributed by atoms with Crippen LogP contribution in [-0.2, 0) is 27.9 Å². The van der Waals surface area contributed by atoms with Crippen molar-refractivity contribution in [2.24, 2.45) is 5.73 Å². The van der Waals surface area contributed by atoms with E-state index in [0.29, 0.717) is 62.7 Å². The van der Waals surface area contributed by atoms with Crippen LogP contribution in [-0.4, -0.2) is 74.4 Å². The topological polar surface area (TPSA) is 118 Å². The molecule has 0 spiro atoms. The third-order valence-corrected chi connectivity index (χ3v) is 9.73. The van der Waals surface area contributed by atoms with Crippen LogP contribution in [0.5, 0.6) is 5.75 Å². The Balaban J connectivity index is 0.00000405. The van der Waals surface area contributed by atoms with Crippen LogP contribution in [0.4, 0.5) is 10.5 Å². The normalized spacial score (nSPS) is 16.3. The number of nitrogens with two attached hydrogens (primary N) is 1. The van der Waals surface area contributed by atoms with E-state index in [1.165, 1.54) is 4.31 Å². The molecule has 10 nitrogen and oxygen atoms in total. The summed E-state index contributed by atoms with van der Waals surface area (Å²) in [6, 6.07) is 20.1. The van der Waals surface area contributed by atoms with Gasteiger partial charge >= 0.3 is 6.09 Å². The molecule has 42 heavy (non-hydrogen) atoms. The molecule has 1 aliphatic heterocycles. The number of piperazine rings is 1. The van der Waals surface area contributed by atoms with E-state index in [4.69, 9.17) is 15.2 Å². The second kappa shape index (κ2) is 14.2. The van der Waals surface area contributed by atoms with Gasteiger partial charge in [-0.15, -0.1) is 12.4 Å². The lowest BCUT2D eigenvalue weighted by molar-refractivity contribution is 0.0703. The lowest BCUT2D eigenvalue weighted by Gasteiger charge is -2.35. The summed E-state index contributed by atoms with van der Waals surface area (Å²) in [7, 11) is -1.93. The van der Waals surface area contributed by atoms with E-state index in [2.05, 4.69) is 9.88 Å². The third kappa shape index (κ3) is 7.91. The van der Waals surface area contributed by atoms with Crippen molar-refractivity contribution in [1.29, 1.82) is 0 Å². The lowest BCUT2D eigenvalue weighted by atomic mass is 10.1. The summed E-state index contributed by atoms with van der Waals surface area (Å²) >= 11 is 0. The Hall–Kier alpha value is -3.38. The molecular formula is C30H38ClN5O5S. The molecule has 2 aliphatic rings. The van der Waals surface area contributed by atoms with E-state index >= 15 is 0 Å². The van der Waals surface area contributed by atoms with Crippen molar-refractivity contribution in [2.75, 3.05) is 44.1 Å². The van der Waals surface area contributed by atoms with Gasteiger partial charge in [-0.1, -0.05) is 42.5 Å². The second-order valence-corrected chi connectivity index (χ2v) is 12.6. The fraction of sp³-hybridized carbons (Fsp3) is 0.400. The van der Waals surface area contributed by atoms with Gasteiger partial charge in [-0.05, 0) is 48.2 Å². The summed E-state index contributed by atoms with van der Waals surface area (Å²) in [5.74, 6) is 0.715. The minimum absolute atomic E-state index is 0. The van der Waals surface area contributed by atoms with E-state index in [1.807, 2.05) is 54.6 Å². The first-order chi connectivity index (χ1) is 19.8. The van der Waals surface area contributed by atoms with Gasteiger partial charge in [0.1, 0.15) is 12.4 Å². The van der Waals surface area contributed by atoms with Crippen LogP contribution >= 0.6 is 12.4 Å². The van der Waals surface area contributed by atoms with Gasteiger partial charge in [0.2, 0.25) is 10.0 Å². The number of anilines is 1. The Bertz CT molecular complexity index is 1420. The SMILES string of the molecule is COc1ccc(CN(c2ccnc(C(N)CN3CCN(C(=O)OCc4ccccc4)CC3)c2)S(=O)(=O)C2CC2)cc1.Cl. The number of nitrogens with zero attached hydrogens (tertiary/aromatic N) is 4. The number of carbonyl (C=O) groups excluding carboxylic acids is 1. The van der Waals surface area contributed by atoms with Gasteiger partial charge in [0, 0.05) is 38.9 Å². The average molecular weight is 616 g/mol. The smallest absolute Gasteiger partial charge is 0.410 e. The minimum atomic E-state index is -3.53. The number of sulfonamides is 1. The van der Waals surface area contributed by atoms with Crippen molar-refractivity contribution in [3.05, 3.63) is 89.7 Å². The van der Waals surface area contributed by atoms with E-state index in [1.54, 1.807) is 30.3 Å².